The van der Waals surface area contributed by atoms with E-state index in [0.29, 0.717) is 15.2 Å². The molecular weight excluding hydrogens is 338 g/mol. The maximum absolute atomic E-state index is 13.7. The number of rotatable bonds is 2. The van der Waals surface area contributed by atoms with E-state index in [-0.39, 0.29) is 11.3 Å². The van der Waals surface area contributed by atoms with Crippen LogP contribution in [0.3, 0.4) is 0 Å². The first-order valence-electron chi connectivity index (χ1n) is 5.12. The normalized spacial score (nSPS) is 10.1. The third-order valence-corrected chi connectivity index (χ3v) is 3.29. The molecule has 0 aliphatic rings. The van der Waals surface area contributed by atoms with Crippen molar-refractivity contribution in [3.05, 3.63) is 57.0 Å². The Bertz CT molecular complexity index is 660. The molecule has 2 aromatic carbocycles. The summed E-state index contributed by atoms with van der Waals surface area (Å²) in [5.74, 6) is -1.69. The van der Waals surface area contributed by atoms with Crippen molar-refractivity contribution >= 4 is 38.9 Å². The van der Waals surface area contributed by atoms with Crippen LogP contribution >= 0.6 is 27.5 Å². The topological polar surface area (TPSA) is 35.8 Å². The summed E-state index contributed by atoms with van der Waals surface area (Å²) in [4.78, 5) is 0. The van der Waals surface area contributed by atoms with Crippen molar-refractivity contribution in [2.75, 3.05) is 5.32 Å². The van der Waals surface area contributed by atoms with E-state index < -0.39 is 11.6 Å². The van der Waals surface area contributed by atoms with Gasteiger partial charge in [0.15, 0.2) is 11.6 Å². The number of nitrogens with one attached hydrogen (secondary N) is 1. The van der Waals surface area contributed by atoms with Gasteiger partial charge in [0.1, 0.15) is 5.69 Å². The van der Waals surface area contributed by atoms with Gasteiger partial charge in [-0.2, -0.15) is 5.26 Å². The number of halogens is 4. The molecule has 0 saturated heterocycles. The predicted molar refractivity (Wildman–Crippen MR) is 73.5 cm³/mol. The molecule has 19 heavy (non-hydrogen) atoms. The Kier molecular flexibility index (Phi) is 4.03. The number of hydrogen-bond donors (Lipinski definition) is 1. The molecule has 0 unspecified atom stereocenters. The van der Waals surface area contributed by atoms with Crippen LogP contribution < -0.4 is 5.32 Å². The Balaban J connectivity index is 2.44. The summed E-state index contributed by atoms with van der Waals surface area (Å²) >= 11 is 9.07. The van der Waals surface area contributed by atoms with Crippen LogP contribution in [0.1, 0.15) is 5.56 Å². The quantitative estimate of drug-likeness (QED) is 0.833. The first-order valence-corrected chi connectivity index (χ1v) is 6.29. The smallest absolute Gasteiger partial charge is 0.150 e. The monoisotopic (exact) mass is 342 g/mol. The Morgan fingerprint density at radius 2 is 1.79 bits per heavy atom. The van der Waals surface area contributed by atoms with Crippen LogP contribution in [-0.2, 0) is 0 Å². The molecular formula is C13H6BrClF2N2. The van der Waals surface area contributed by atoms with E-state index in [1.807, 2.05) is 0 Å². The Labute approximate surface area is 121 Å². The lowest BCUT2D eigenvalue weighted by molar-refractivity contribution is 0.590. The number of benzene rings is 2. The Hall–Kier alpha value is -1.64. The lowest BCUT2D eigenvalue weighted by atomic mass is 10.2. The SMILES string of the molecule is N#Cc1cc(F)c(Nc2cc(Cl)ccc2Br)c(F)c1. The fourth-order valence-corrected chi connectivity index (χ4v) is 2.00. The Morgan fingerprint density at radius 3 is 2.37 bits per heavy atom. The van der Waals surface area contributed by atoms with Crippen LogP contribution in [0.15, 0.2) is 34.8 Å². The van der Waals surface area contributed by atoms with Gasteiger partial charge < -0.3 is 5.32 Å². The zero-order valence-electron chi connectivity index (χ0n) is 9.35. The standard InChI is InChI=1S/C13H6BrClF2N2/c14-9-2-1-8(15)5-12(9)19-13-10(16)3-7(6-18)4-11(13)17/h1-5,19H. The summed E-state index contributed by atoms with van der Waals surface area (Å²) in [6.07, 6.45) is 0. The van der Waals surface area contributed by atoms with Crippen LogP contribution in [0.5, 0.6) is 0 Å². The van der Waals surface area contributed by atoms with Crippen molar-refractivity contribution in [1.29, 1.82) is 5.26 Å². The molecule has 1 N–H and O–H groups in total. The second-order valence-corrected chi connectivity index (χ2v) is 4.97. The van der Waals surface area contributed by atoms with Gasteiger partial charge in [0.25, 0.3) is 0 Å². The lowest BCUT2D eigenvalue weighted by Crippen LogP contribution is -1.99. The van der Waals surface area contributed by atoms with Crippen LogP contribution in [-0.4, -0.2) is 0 Å². The van der Waals surface area contributed by atoms with E-state index >= 15 is 0 Å². The van der Waals surface area contributed by atoms with Gasteiger partial charge in [-0.1, -0.05) is 11.6 Å². The number of nitriles is 1. The maximum Gasteiger partial charge on any atom is 0.150 e. The van der Waals surface area contributed by atoms with E-state index in [2.05, 4.69) is 21.2 Å². The minimum Gasteiger partial charge on any atom is -0.350 e. The van der Waals surface area contributed by atoms with Gasteiger partial charge in [-0.3, -0.25) is 0 Å². The fraction of sp³-hybridized carbons (Fsp3) is 0. The van der Waals surface area contributed by atoms with Gasteiger partial charge in [-0.25, -0.2) is 8.78 Å². The minimum atomic E-state index is -0.844. The molecule has 0 radical (unpaired) electrons. The van der Waals surface area contributed by atoms with Crippen molar-refractivity contribution < 1.29 is 8.78 Å². The first kappa shape index (κ1) is 13.8. The van der Waals surface area contributed by atoms with Gasteiger partial charge in [0, 0.05) is 9.50 Å². The third kappa shape index (κ3) is 3.03. The number of hydrogen-bond acceptors (Lipinski definition) is 2. The molecule has 6 heteroatoms. The van der Waals surface area contributed by atoms with Crippen molar-refractivity contribution in [3.63, 3.8) is 0 Å². The summed E-state index contributed by atoms with van der Waals surface area (Å²) in [6, 6.07) is 8.43. The highest BCUT2D eigenvalue weighted by molar-refractivity contribution is 9.10. The molecule has 2 nitrogen and oxygen atoms in total. The largest absolute Gasteiger partial charge is 0.350 e. The van der Waals surface area contributed by atoms with E-state index in [1.165, 1.54) is 6.07 Å². The molecule has 0 aliphatic heterocycles. The predicted octanol–water partition coefficient (Wildman–Crippen LogP) is 5.00. The molecule has 0 saturated carbocycles. The van der Waals surface area contributed by atoms with Gasteiger partial charge in [-0.15, -0.1) is 0 Å². The fourth-order valence-electron chi connectivity index (χ4n) is 1.49. The van der Waals surface area contributed by atoms with Crippen molar-refractivity contribution in [2.45, 2.75) is 0 Å². The van der Waals surface area contributed by atoms with Crippen LogP contribution in [0, 0.1) is 23.0 Å². The average molecular weight is 344 g/mol. The molecule has 0 fully saturated rings. The molecule has 2 aromatic rings. The minimum absolute atomic E-state index is 0.0780. The molecule has 0 spiro atoms. The summed E-state index contributed by atoms with van der Waals surface area (Å²) in [6.45, 7) is 0. The van der Waals surface area contributed by atoms with E-state index in [4.69, 9.17) is 16.9 Å². The van der Waals surface area contributed by atoms with Gasteiger partial charge in [0.05, 0.1) is 17.3 Å². The zero-order chi connectivity index (χ0) is 14.0. The summed E-state index contributed by atoms with van der Waals surface area (Å²) in [5.41, 5.74) is 0.0164. The first-order chi connectivity index (χ1) is 9.01. The molecule has 0 heterocycles. The zero-order valence-corrected chi connectivity index (χ0v) is 11.7. The summed E-state index contributed by atoms with van der Waals surface area (Å²) in [7, 11) is 0. The van der Waals surface area contributed by atoms with E-state index in [1.54, 1.807) is 18.2 Å². The molecule has 0 bridgehead atoms. The second kappa shape index (κ2) is 5.55. The van der Waals surface area contributed by atoms with Crippen molar-refractivity contribution in [2.24, 2.45) is 0 Å². The van der Waals surface area contributed by atoms with E-state index in [0.717, 1.165) is 12.1 Å². The van der Waals surface area contributed by atoms with Gasteiger partial charge in [-0.05, 0) is 46.3 Å². The van der Waals surface area contributed by atoms with Crippen LogP contribution in [0.25, 0.3) is 0 Å². The number of nitrogens with zero attached hydrogens (tertiary/aromatic N) is 1. The van der Waals surface area contributed by atoms with Gasteiger partial charge in [0.2, 0.25) is 0 Å². The van der Waals surface area contributed by atoms with Crippen molar-refractivity contribution in [3.8, 4) is 6.07 Å². The average Bonchev–Trinajstić information content (AvgIpc) is 2.37. The molecule has 0 aliphatic carbocycles. The highest BCUT2D eigenvalue weighted by atomic mass is 79.9. The molecule has 0 aromatic heterocycles. The van der Waals surface area contributed by atoms with Crippen LogP contribution in [0.4, 0.5) is 20.2 Å². The molecule has 0 atom stereocenters. The van der Waals surface area contributed by atoms with Crippen LogP contribution in [0.2, 0.25) is 5.02 Å². The highest BCUT2D eigenvalue weighted by Gasteiger charge is 2.13. The summed E-state index contributed by atoms with van der Waals surface area (Å²) in [5, 5.41) is 11.7. The van der Waals surface area contributed by atoms with Gasteiger partial charge >= 0.3 is 0 Å². The third-order valence-electron chi connectivity index (χ3n) is 2.36. The molecule has 2 rings (SSSR count). The molecule has 96 valence electrons. The van der Waals surface area contributed by atoms with Crippen molar-refractivity contribution in [1.82, 2.24) is 0 Å². The maximum atomic E-state index is 13.7. The molecule has 0 amide bonds. The Morgan fingerprint density at radius 1 is 1.16 bits per heavy atom. The second-order valence-electron chi connectivity index (χ2n) is 3.68. The summed E-state index contributed by atoms with van der Waals surface area (Å²) < 4.78 is 28.0. The lowest BCUT2D eigenvalue weighted by Gasteiger charge is -2.11. The highest BCUT2D eigenvalue weighted by Crippen LogP contribution is 2.31. The number of anilines is 2. The van der Waals surface area contributed by atoms with E-state index in [9.17, 15) is 8.78 Å².